The highest BCUT2D eigenvalue weighted by Crippen LogP contribution is 2.08. The maximum absolute atomic E-state index is 12.0. The van der Waals surface area contributed by atoms with Gasteiger partial charge in [0.2, 0.25) is 5.91 Å². The topological polar surface area (TPSA) is 41.1 Å². The van der Waals surface area contributed by atoms with Crippen LogP contribution in [0.1, 0.15) is 18.1 Å². The van der Waals surface area contributed by atoms with Crippen LogP contribution in [0.4, 0.5) is 5.69 Å². The van der Waals surface area contributed by atoms with E-state index in [1.54, 1.807) is 0 Å². The lowest BCUT2D eigenvalue weighted by molar-refractivity contribution is -0.117. The Morgan fingerprint density at radius 3 is 2.43 bits per heavy atom. The van der Waals surface area contributed by atoms with Crippen LogP contribution in [0, 0.1) is 6.92 Å². The summed E-state index contributed by atoms with van der Waals surface area (Å²) in [5, 5.41) is 6.17. The van der Waals surface area contributed by atoms with Crippen LogP contribution in [-0.4, -0.2) is 18.5 Å². The number of amides is 1. The van der Waals surface area contributed by atoms with E-state index in [4.69, 9.17) is 0 Å². The fourth-order valence-corrected chi connectivity index (χ4v) is 2.18. The van der Waals surface area contributed by atoms with Gasteiger partial charge in [-0.05, 0) is 50.1 Å². The van der Waals surface area contributed by atoms with Crippen molar-refractivity contribution in [2.45, 2.75) is 26.3 Å². The molecule has 21 heavy (non-hydrogen) atoms. The molecule has 3 heteroatoms. The van der Waals surface area contributed by atoms with Crippen molar-refractivity contribution in [3.05, 3.63) is 65.7 Å². The number of rotatable bonds is 6. The molecule has 0 bridgehead atoms. The molecule has 0 saturated heterocycles. The van der Waals surface area contributed by atoms with Gasteiger partial charge in [0.25, 0.3) is 0 Å². The van der Waals surface area contributed by atoms with Gasteiger partial charge in [-0.1, -0.05) is 42.5 Å². The van der Waals surface area contributed by atoms with Gasteiger partial charge >= 0.3 is 0 Å². The van der Waals surface area contributed by atoms with E-state index in [9.17, 15) is 4.79 Å². The third-order valence-electron chi connectivity index (χ3n) is 3.54. The molecule has 2 rings (SSSR count). The van der Waals surface area contributed by atoms with Gasteiger partial charge in [0.05, 0.1) is 6.04 Å². The molecule has 0 fully saturated rings. The summed E-state index contributed by atoms with van der Waals surface area (Å²) in [5.74, 6) is -0.00835. The van der Waals surface area contributed by atoms with Crippen LogP contribution in [-0.2, 0) is 11.2 Å². The highest BCUT2D eigenvalue weighted by Gasteiger charge is 2.11. The molecule has 0 aliphatic rings. The minimum absolute atomic E-state index is 0.00835. The van der Waals surface area contributed by atoms with E-state index >= 15 is 0 Å². The van der Waals surface area contributed by atoms with Gasteiger partial charge in [-0.15, -0.1) is 0 Å². The summed E-state index contributed by atoms with van der Waals surface area (Å²) >= 11 is 0. The first kappa shape index (κ1) is 15.3. The first-order valence-electron chi connectivity index (χ1n) is 7.30. The number of para-hydroxylation sites is 1. The Labute approximate surface area is 126 Å². The highest BCUT2D eigenvalue weighted by molar-refractivity contribution is 5.94. The van der Waals surface area contributed by atoms with E-state index in [1.165, 1.54) is 11.1 Å². The molecule has 1 unspecified atom stereocenters. The smallest absolute Gasteiger partial charge is 0.241 e. The summed E-state index contributed by atoms with van der Waals surface area (Å²) in [6.45, 7) is 4.78. The number of anilines is 1. The number of hydrogen-bond donors (Lipinski definition) is 2. The lowest BCUT2D eigenvalue weighted by Gasteiger charge is -2.14. The van der Waals surface area contributed by atoms with Crippen LogP contribution in [0.25, 0.3) is 0 Å². The Hall–Kier alpha value is -2.13. The second-order valence-corrected chi connectivity index (χ2v) is 5.21. The summed E-state index contributed by atoms with van der Waals surface area (Å²) in [7, 11) is 0. The number of hydrogen-bond acceptors (Lipinski definition) is 2. The first-order valence-corrected chi connectivity index (χ1v) is 7.30. The van der Waals surface area contributed by atoms with Gasteiger partial charge in [-0.2, -0.15) is 0 Å². The largest absolute Gasteiger partial charge is 0.325 e. The zero-order chi connectivity index (χ0) is 15.1. The molecule has 0 radical (unpaired) electrons. The van der Waals surface area contributed by atoms with Crippen LogP contribution in [0.5, 0.6) is 0 Å². The van der Waals surface area contributed by atoms with E-state index in [0.29, 0.717) is 0 Å². The monoisotopic (exact) mass is 282 g/mol. The van der Waals surface area contributed by atoms with Crippen LogP contribution >= 0.6 is 0 Å². The third-order valence-corrected chi connectivity index (χ3v) is 3.54. The first-order chi connectivity index (χ1) is 10.2. The summed E-state index contributed by atoms with van der Waals surface area (Å²) in [6, 6.07) is 17.6. The SMILES string of the molecule is Cc1ccccc1CCNC(C)C(=O)Nc1ccccc1. The van der Waals surface area contributed by atoms with Crippen LogP contribution in [0.15, 0.2) is 54.6 Å². The van der Waals surface area contributed by atoms with Crippen molar-refractivity contribution in [2.24, 2.45) is 0 Å². The van der Waals surface area contributed by atoms with Crippen molar-refractivity contribution in [3.8, 4) is 0 Å². The zero-order valence-corrected chi connectivity index (χ0v) is 12.6. The van der Waals surface area contributed by atoms with Crippen LogP contribution in [0.2, 0.25) is 0 Å². The van der Waals surface area contributed by atoms with E-state index < -0.39 is 0 Å². The molecule has 2 aromatic rings. The normalized spacial score (nSPS) is 11.9. The summed E-state index contributed by atoms with van der Waals surface area (Å²) in [6.07, 6.45) is 0.926. The molecule has 0 aliphatic carbocycles. The molecular formula is C18H22N2O. The Morgan fingerprint density at radius 2 is 1.71 bits per heavy atom. The maximum Gasteiger partial charge on any atom is 0.241 e. The molecule has 1 atom stereocenters. The second kappa shape index (κ2) is 7.60. The van der Waals surface area contributed by atoms with Gasteiger partial charge in [0.15, 0.2) is 0 Å². The molecule has 2 aromatic carbocycles. The third kappa shape index (κ3) is 4.72. The number of aryl methyl sites for hydroxylation is 1. The van der Waals surface area contributed by atoms with Crippen molar-refractivity contribution in [1.29, 1.82) is 0 Å². The van der Waals surface area contributed by atoms with Crippen LogP contribution < -0.4 is 10.6 Å². The Bertz CT molecular complexity index is 581. The van der Waals surface area contributed by atoms with Crippen molar-refractivity contribution >= 4 is 11.6 Å². The predicted molar refractivity (Wildman–Crippen MR) is 87.4 cm³/mol. The number of benzene rings is 2. The highest BCUT2D eigenvalue weighted by atomic mass is 16.2. The number of carbonyl (C=O) groups excluding carboxylic acids is 1. The predicted octanol–water partition coefficient (Wildman–Crippen LogP) is 3.15. The van der Waals surface area contributed by atoms with Crippen LogP contribution in [0.3, 0.4) is 0 Å². The average Bonchev–Trinajstić information content (AvgIpc) is 2.50. The number of carbonyl (C=O) groups is 1. The molecule has 0 saturated carbocycles. The van der Waals surface area contributed by atoms with Crippen molar-refractivity contribution in [2.75, 3.05) is 11.9 Å². The van der Waals surface area contributed by atoms with E-state index in [0.717, 1.165) is 18.7 Å². The summed E-state index contributed by atoms with van der Waals surface area (Å²) in [4.78, 5) is 12.0. The average molecular weight is 282 g/mol. The molecule has 0 heterocycles. The standard InChI is InChI=1S/C18H22N2O/c1-14-8-6-7-9-16(14)12-13-19-15(2)18(21)20-17-10-4-3-5-11-17/h3-11,15,19H,12-13H2,1-2H3,(H,20,21). The Morgan fingerprint density at radius 1 is 1.05 bits per heavy atom. The molecule has 0 spiro atoms. The minimum Gasteiger partial charge on any atom is -0.325 e. The fraction of sp³-hybridized carbons (Fsp3) is 0.278. The van der Waals surface area contributed by atoms with Gasteiger partial charge in [0, 0.05) is 5.69 Å². The van der Waals surface area contributed by atoms with Crippen molar-refractivity contribution in [3.63, 3.8) is 0 Å². The fourth-order valence-electron chi connectivity index (χ4n) is 2.18. The minimum atomic E-state index is -0.214. The molecule has 110 valence electrons. The van der Waals surface area contributed by atoms with Gasteiger partial charge < -0.3 is 10.6 Å². The van der Waals surface area contributed by atoms with Crippen molar-refractivity contribution < 1.29 is 4.79 Å². The van der Waals surface area contributed by atoms with Crippen molar-refractivity contribution in [1.82, 2.24) is 5.32 Å². The lowest BCUT2D eigenvalue weighted by atomic mass is 10.1. The summed E-state index contributed by atoms with van der Waals surface area (Å²) in [5.41, 5.74) is 3.44. The summed E-state index contributed by atoms with van der Waals surface area (Å²) < 4.78 is 0. The molecule has 3 nitrogen and oxygen atoms in total. The van der Waals surface area contributed by atoms with E-state index in [1.807, 2.05) is 49.4 Å². The maximum atomic E-state index is 12.0. The molecule has 0 aromatic heterocycles. The zero-order valence-electron chi connectivity index (χ0n) is 12.6. The van der Waals surface area contributed by atoms with Gasteiger partial charge in [-0.25, -0.2) is 0 Å². The van der Waals surface area contributed by atoms with E-state index in [-0.39, 0.29) is 11.9 Å². The lowest BCUT2D eigenvalue weighted by Crippen LogP contribution is -2.39. The Balaban J connectivity index is 1.78. The number of nitrogens with one attached hydrogen (secondary N) is 2. The molecule has 2 N–H and O–H groups in total. The Kier molecular flexibility index (Phi) is 5.52. The molecule has 0 aliphatic heterocycles. The second-order valence-electron chi connectivity index (χ2n) is 5.21. The van der Waals surface area contributed by atoms with Gasteiger partial charge in [0.1, 0.15) is 0 Å². The van der Waals surface area contributed by atoms with E-state index in [2.05, 4.69) is 29.7 Å². The van der Waals surface area contributed by atoms with Gasteiger partial charge in [-0.3, -0.25) is 4.79 Å². The quantitative estimate of drug-likeness (QED) is 0.854. The molecular weight excluding hydrogens is 260 g/mol. The molecule has 1 amide bonds.